The Morgan fingerprint density at radius 2 is 2.15 bits per heavy atom. The Hall–Kier alpha value is -0.410. The van der Waals surface area contributed by atoms with Crippen LogP contribution in [0.5, 0.6) is 11.5 Å². The van der Waals surface area contributed by atoms with Gasteiger partial charge in [-0.05, 0) is 18.2 Å². The van der Waals surface area contributed by atoms with Gasteiger partial charge in [0.1, 0.15) is 6.61 Å². The minimum Gasteiger partial charge on any atom is -0.493 e. The summed E-state index contributed by atoms with van der Waals surface area (Å²) in [4.78, 5) is 0. The summed E-state index contributed by atoms with van der Waals surface area (Å²) in [6, 6.07) is 5.59. The highest BCUT2D eigenvalue weighted by Crippen LogP contribution is 2.29. The van der Waals surface area contributed by atoms with E-state index in [4.69, 9.17) is 21.1 Å². The van der Waals surface area contributed by atoms with Gasteiger partial charge >= 0.3 is 0 Å². The SMILES string of the molecule is COc1cc(Br)ccc1OCCCl. The number of hydrogen-bond acceptors (Lipinski definition) is 2. The maximum atomic E-state index is 5.50. The molecule has 0 N–H and O–H groups in total. The molecule has 2 nitrogen and oxygen atoms in total. The minimum atomic E-state index is 0.471. The standard InChI is InChI=1S/C9H10BrClO2/c1-12-9-6-7(10)2-3-8(9)13-5-4-11/h2-3,6H,4-5H2,1H3. The third-order valence-corrected chi connectivity index (χ3v) is 2.11. The van der Waals surface area contributed by atoms with E-state index in [1.54, 1.807) is 7.11 Å². The van der Waals surface area contributed by atoms with Gasteiger partial charge in [-0.15, -0.1) is 11.6 Å². The molecule has 0 spiro atoms. The predicted octanol–water partition coefficient (Wildman–Crippen LogP) is 3.08. The van der Waals surface area contributed by atoms with E-state index in [1.807, 2.05) is 18.2 Å². The van der Waals surface area contributed by atoms with Gasteiger partial charge in [-0.1, -0.05) is 15.9 Å². The van der Waals surface area contributed by atoms with Crippen molar-refractivity contribution >= 4 is 27.5 Å². The maximum Gasteiger partial charge on any atom is 0.161 e. The molecule has 0 radical (unpaired) electrons. The van der Waals surface area contributed by atoms with Gasteiger partial charge in [-0.3, -0.25) is 0 Å². The molecule has 1 rings (SSSR count). The number of halogens is 2. The summed E-state index contributed by atoms with van der Waals surface area (Å²) < 4.78 is 11.4. The van der Waals surface area contributed by atoms with Gasteiger partial charge in [0.25, 0.3) is 0 Å². The van der Waals surface area contributed by atoms with Gasteiger partial charge in [0, 0.05) is 4.47 Å². The van der Waals surface area contributed by atoms with Crippen molar-refractivity contribution < 1.29 is 9.47 Å². The summed E-state index contributed by atoms with van der Waals surface area (Å²) in [6.07, 6.45) is 0. The lowest BCUT2D eigenvalue weighted by atomic mass is 10.3. The van der Waals surface area contributed by atoms with Crippen LogP contribution in [0, 0.1) is 0 Å². The molecule has 0 amide bonds. The lowest BCUT2D eigenvalue weighted by molar-refractivity contribution is 0.312. The van der Waals surface area contributed by atoms with Gasteiger partial charge in [0.15, 0.2) is 11.5 Å². The first-order chi connectivity index (χ1) is 6.27. The summed E-state index contributed by atoms with van der Waals surface area (Å²) >= 11 is 8.85. The van der Waals surface area contributed by atoms with Crippen LogP contribution in [0.15, 0.2) is 22.7 Å². The van der Waals surface area contributed by atoms with Gasteiger partial charge in [0.2, 0.25) is 0 Å². The second-order valence-electron chi connectivity index (χ2n) is 2.33. The van der Waals surface area contributed by atoms with Crippen molar-refractivity contribution in [2.45, 2.75) is 0 Å². The molecule has 4 heteroatoms. The normalized spacial score (nSPS) is 9.77. The maximum absolute atomic E-state index is 5.50. The van der Waals surface area contributed by atoms with Crippen LogP contribution in [0.1, 0.15) is 0 Å². The molecule has 0 saturated carbocycles. The molecule has 1 aromatic carbocycles. The fourth-order valence-corrected chi connectivity index (χ4v) is 1.33. The second kappa shape index (κ2) is 5.35. The minimum absolute atomic E-state index is 0.471. The van der Waals surface area contributed by atoms with E-state index in [9.17, 15) is 0 Å². The Morgan fingerprint density at radius 3 is 2.77 bits per heavy atom. The van der Waals surface area contributed by atoms with Crippen LogP contribution < -0.4 is 9.47 Å². The Bertz CT molecular complexity index is 278. The molecule has 0 aliphatic heterocycles. The Morgan fingerprint density at radius 1 is 1.38 bits per heavy atom. The van der Waals surface area contributed by atoms with Crippen molar-refractivity contribution in [2.24, 2.45) is 0 Å². The number of ether oxygens (including phenoxy) is 2. The van der Waals surface area contributed by atoms with E-state index in [1.165, 1.54) is 0 Å². The zero-order valence-corrected chi connectivity index (χ0v) is 9.56. The average Bonchev–Trinajstić information content (AvgIpc) is 2.16. The molecule has 72 valence electrons. The van der Waals surface area contributed by atoms with E-state index >= 15 is 0 Å². The van der Waals surface area contributed by atoms with Gasteiger partial charge in [0.05, 0.1) is 13.0 Å². The molecule has 0 fully saturated rings. The third-order valence-electron chi connectivity index (χ3n) is 1.46. The number of methoxy groups -OCH3 is 1. The van der Waals surface area contributed by atoms with Crippen LogP contribution in [-0.2, 0) is 0 Å². The zero-order chi connectivity index (χ0) is 9.68. The van der Waals surface area contributed by atoms with Gasteiger partial charge in [-0.25, -0.2) is 0 Å². The fraction of sp³-hybridized carbons (Fsp3) is 0.333. The van der Waals surface area contributed by atoms with Crippen LogP contribution in [0.4, 0.5) is 0 Å². The van der Waals surface area contributed by atoms with Crippen LogP contribution in [0.25, 0.3) is 0 Å². The molecule has 13 heavy (non-hydrogen) atoms. The first-order valence-corrected chi connectivity index (χ1v) is 5.13. The van der Waals surface area contributed by atoms with Crippen LogP contribution in [0.2, 0.25) is 0 Å². The topological polar surface area (TPSA) is 18.5 Å². The summed E-state index contributed by atoms with van der Waals surface area (Å²) in [5.41, 5.74) is 0. The lowest BCUT2D eigenvalue weighted by Gasteiger charge is -2.09. The quantitative estimate of drug-likeness (QED) is 0.779. The van der Waals surface area contributed by atoms with E-state index in [0.29, 0.717) is 24.0 Å². The van der Waals surface area contributed by atoms with E-state index in [-0.39, 0.29) is 0 Å². The molecule has 0 aliphatic rings. The molecule has 1 aromatic rings. The molecule has 0 atom stereocenters. The van der Waals surface area contributed by atoms with E-state index in [0.717, 1.165) is 4.47 Å². The van der Waals surface area contributed by atoms with Crippen molar-refractivity contribution in [1.82, 2.24) is 0 Å². The molecule has 0 aliphatic carbocycles. The van der Waals surface area contributed by atoms with E-state index in [2.05, 4.69) is 15.9 Å². The van der Waals surface area contributed by atoms with Crippen molar-refractivity contribution in [3.05, 3.63) is 22.7 Å². The smallest absolute Gasteiger partial charge is 0.161 e. The van der Waals surface area contributed by atoms with Crippen molar-refractivity contribution in [3.63, 3.8) is 0 Å². The number of hydrogen-bond donors (Lipinski definition) is 0. The molecule has 0 aromatic heterocycles. The van der Waals surface area contributed by atoms with Crippen molar-refractivity contribution in [3.8, 4) is 11.5 Å². The summed E-state index contributed by atoms with van der Waals surface area (Å²) in [7, 11) is 1.61. The number of rotatable bonds is 4. The molecule has 0 saturated heterocycles. The van der Waals surface area contributed by atoms with Gasteiger partial charge < -0.3 is 9.47 Å². The average molecular weight is 266 g/mol. The van der Waals surface area contributed by atoms with Crippen LogP contribution in [0.3, 0.4) is 0 Å². The van der Waals surface area contributed by atoms with Crippen molar-refractivity contribution in [1.29, 1.82) is 0 Å². The highest BCUT2D eigenvalue weighted by Gasteiger charge is 2.03. The monoisotopic (exact) mass is 264 g/mol. The number of alkyl halides is 1. The zero-order valence-electron chi connectivity index (χ0n) is 7.22. The summed E-state index contributed by atoms with van der Waals surface area (Å²) in [5.74, 6) is 1.89. The Balaban J connectivity index is 2.79. The Labute approximate surface area is 90.9 Å². The first kappa shape index (κ1) is 10.7. The fourth-order valence-electron chi connectivity index (χ4n) is 0.909. The second-order valence-corrected chi connectivity index (χ2v) is 3.63. The first-order valence-electron chi connectivity index (χ1n) is 3.80. The van der Waals surface area contributed by atoms with E-state index < -0.39 is 0 Å². The van der Waals surface area contributed by atoms with Crippen LogP contribution >= 0.6 is 27.5 Å². The van der Waals surface area contributed by atoms with Gasteiger partial charge in [-0.2, -0.15) is 0 Å². The molecule has 0 heterocycles. The number of benzene rings is 1. The Kier molecular flexibility index (Phi) is 4.39. The molecule has 0 bridgehead atoms. The summed E-state index contributed by atoms with van der Waals surface area (Å²) in [6.45, 7) is 0.486. The molecular weight excluding hydrogens is 255 g/mol. The van der Waals surface area contributed by atoms with Crippen LogP contribution in [-0.4, -0.2) is 19.6 Å². The molecular formula is C9H10BrClO2. The highest BCUT2D eigenvalue weighted by molar-refractivity contribution is 9.10. The molecule has 0 unspecified atom stereocenters. The predicted molar refractivity (Wildman–Crippen MR) is 56.9 cm³/mol. The summed E-state index contributed by atoms with van der Waals surface area (Å²) in [5, 5.41) is 0. The third kappa shape index (κ3) is 3.08. The highest BCUT2D eigenvalue weighted by atomic mass is 79.9. The largest absolute Gasteiger partial charge is 0.493 e. The van der Waals surface area contributed by atoms with Crippen molar-refractivity contribution in [2.75, 3.05) is 19.6 Å². The lowest BCUT2D eigenvalue weighted by Crippen LogP contribution is -1.99.